The molecular weight excluding hydrogens is 317 g/mol. The van der Waals surface area contributed by atoms with Crippen LogP contribution in [0.3, 0.4) is 0 Å². The Balaban J connectivity index is 1.36. The standard InChI is InChI=1S/C21H24FNO2/c22-19-3-1-2-16(12-19)14-24-20-6-4-17(5-7-20)18-13-21(25-15-18)8-10-23-11-9-21/h1-7,12,18,23H,8-11,13-15H2/t18-/m1/s1. The maximum absolute atomic E-state index is 13.2. The maximum atomic E-state index is 13.2. The van der Waals surface area contributed by atoms with Gasteiger partial charge in [-0.3, -0.25) is 0 Å². The van der Waals surface area contributed by atoms with Crippen LogP contribution < -0.4 is 10.1 Å². The van der Waals surface area contributed by atoms with Gasteiger partial charge in [-0.05, 0) is 67.7 Å². The van der Waals surface area contributed by atoms with E-state index in [0.29, 0.717) is 12.5 Å². The van der Waals surface area contributed by atoms with Gasteiger partial charge in [0.15, 0.2) is 0 Å². The van der Waals surface area contributed by atoms with Crippen LogP contribution in [0.1, 0.15) is 36.3 Å². The molecule has 25 heavy (non-hydrogen) atoms. The molecule has 1 atom stereocenters. The molecule has 0 bridgehead atoms. The number of ether oxygens (including phenoxy) is 2. The van der Waals surface area contributed by atoms with Crippen LogP contribution in [0.15, 0.2) is 48.5 Å². The summed E-state index contributed by atoms with van der Waals surface area (Å²) in [7, 11) is 0. The summed E-state index contributed by atoms with van der Waals surface area (Å²) in [5, 5.41) is 3.41. The largest absolute Gasteiger partial charge is 0.489 e. The lowest BCUT2D eigenvalue weighted by molar-refractivity contribution is -0.0193. The average Bonchev–Trinajstić information content (AvgIpc) is 3.04. The second-order valence-electron chi connectivity index (χ2n) is 7.13. The first kappa shape index (κ1) is 16.6. The molecule has 1 N–H and O–H groups in total. The zero-order valence-electron chi connectivity index (χ0n) is 14.3. The van der Waals surface area contributed by atoms with Crippen molar-refractivity contribution >= 4 is 0 Å². The van der Waals surface area contributed by atoms with Crippen molar-refractivity contribution in [2.75, 3.05) is 19.7 Å². The van der Waals surface area contributed by atoms with Gasteiger partial charge in [0.1, 0.15) is 18.2 Å². The second-order valence-corrected chi connectivity index (χ2v) is 7.13. The van der Waals surface area contributed by atoms with Gasteiger partial charge in [-0.15, -0.1) is 0 Å². The Labute approximate surface area is 148 Å². The van der Waals surface area contributed by atoms with Crippen molar-refractivity contribution in [1.29, 1.82) is 0 Å². The Hall–Kier alpha value is -1.91. The third kappa shape index (κ3) is 3.86. The highest BCUT2D eigenvalue weighted by atomic mass is 19.1. The second kappa shape index (κ2) is 7.14. The van der Waals surface area contributed by atoms with Crippen molar-refractivity contribution in [3.63, 3.8) is 0 Å². The van der Waals surface area contributed by atoms with Gasteiger partial charge in [-0.25, -0.2) is 4.39 Å². The molecule has 0 saturated carbocycles. The molecule has 3 nitrogen and oxygen atoms in total. The van der Waals surface area contributed by atoms with Gasteiger partial charge in [0.05, 0.1) is 12.2 Å². The van der Waals surface area contributed by atoms with Crippen LogP contribution in [-0.2, 0) is 11.3 Å². The van der Waals surface area contributed by atoms with Gasteiger partial charge in [0.25, 0.3) is 0 Å². The summed E-state index contributed by atoms with van der Waals surface area (Å²) in [5.41, 5.74) is 2.23. The fraction of sp³-hybridized carbons (Fsp3) is 0.429. The summed E-state index contributed by atoms with van der Waals surface area (Å²) in [6, 6.07) is 14.8. The molecule has 2 heterocycles. The fourth-order valence-electron chi connectivity index (χ4n) is 3.92. The third-order valence-corrected chi connectivity index (χ3v) is 5.37. The molecule has 4 heteroatoms. The highest BCUT2D eigenvalue weighted by Gasteiger charge is 2.41. The molecule has 132 valence electrons. The van der Waals surface area contributed by atoms with Crippen molar-refractivity contribution in [2.45, 2.75) is 37.4 Å². The topological polar surface area (TPSA) is 30.5 Å². The minimum absolute atomic E-state index is 0.0858. The van der Waals surface area contributed by atoms with Gasteiger partial charge in [0.2, 0.25) is 0 Å². The lowest BCUT2D eigenvalue weighted by Gasteiger charge is -2.33. The maximum Gasteiger partial charge on any atom is 0.123 e. The molecule has 2 aliphatic rings. The van der Waals surface area contributed by atoms with E-state index in [0.717, 1.165) is 50.3 Å². The van der Waals surface area contributed by atoms with Crippen LogP contribution >= 0.6 is 0 Å². The number of nitrogens with one attached hydrogen (secondary N) is 1. The molecule has 2 aromatic rings. The number of hydrogen-bond acceptors (Lipinski definition) is 3. The van der Waals surface area contributed by atoms with E-state index in [4.69, 9.17) is 9.47 Å². The van der Waals surface area contributed by atoms with E-state index in [1.54, 1.807) is 6.07 Å². The molecule has 2 aromatic carbocycles. The molecule has 4 rings (SSSR count). The van der Waals surface area contributed by atoms with Gasteiger partial charge >= 0.3 is 0 Å². The highest BCUT2D eigenvalue weighted by molar-refractivity contribution is 5.31. The number of hydrogen-bond donors (Lipinski definition) is 1. The van der Waals surface area contributed by atoms with E-state index in [2.05, 4.69) is 17.4 Å². The molecule has 2 fully saturated rings. The Morgan fingerprint density at radius 3 is 2.68 bits per heavy atom. The van der Waals surface area contributed by atoms with Gasteiger partial charge < -0.3 is 14.8 Å². The summed E-state index contributed by atoms with van der Waals surface area (Å²) < 4.78 is 25.2. The van der Waals surface area contributed by atoms with Crippen molar-refractivity contribution in [3.8, 4) is 5.75 Å². The van der Waals surface area contributed by atoms with E-state index in [9.17, 15) is 4.39 Å². The van der Waals surface area contributed by atoms with Crippen LogP contribution in [0.2, 0.25) is 0 Å². The van der Waals surface area contributed by atoms with E-state index in [1.807, 2.05) is 18.2 Å². The molecule has 0 unspecified atom stereocenters. The summed E-state index contributed by atoms with van der Waals surface area (Å²) in [6.07, 6.45) is 3.33. The normalized spacial score (nSPS) is 22.2. The lowest BCUT2D eigenvalue weighted by Crippen LogP contribution is -2.41. The van der Waals surface area contributed by atoms with E-state index in [-0.39, 0.29) is 11.4 Å². The van der Waals surface area contributed by atoms with Crippen LogP contribution in [0.4, 0.5) is 4.39 Å². The molecule has 0 aliphatic carbocycles. The predicted octanol–water partition coefficient (Wildman–Crippen LogP) is 4.03. The molecule has 0 radical (unpaired) electrons. The molecule has 2 saturated heterocycles. The Bertz CT molecular complexity index is 710. The summed E-state index contributed by atoms with van der Waals surface area (Å²) in [5.74, 6) is 1.04. The number of halogens is 1. The monoisotopic (exact) mass is 341 g/mol. The van der Waals surface area contributed by atoms with Crippen LogP contribution in [0, 0.1) is 5.82 Å². The molecule has 2 aliphatic heterocycles. The van der Waals surface area contributed by atoms with Crippen LogP contribution in [0.5, 0.6) is 5.75 Å². The number of rotatable bonds is 4. The lowest BCUT2D eigenvalue weighted by atomic mass is 9.84. The van der Waals surface area contributed by atoms with E-state index < -0.39 is 0 Å². The van der Waals surface area contributed by atoms with E-state index >= 15 is 0 Å². The summed E-state index contributed by atoms with van der Waals surface area (Å²) in [6.45, 7) is 3.29. The molecular formula is C21H24FNO2. The fourth-order valence-corrected chi connectivity index (χ4v) is 3.92. The summed E-state index contributed by atoms with van der Waals surface area (Å²) in [4.78, 5) is 0. The van der Waals surface area contributed by atoms with Gasteiger partial charge in [-0.1, -0.05) is 24.3 Å². The zero-order valence-corrected chi connectivity index (χ0v) is 14.3. The number of benzene rings is 2. The van der Waals surface area contributed by atoms with Crippen LogP contribution in [-0.4, -0.2) is 25.3 Å². The molecule has 1 spiro atoms. The molecule has 0 amide bonds. The summed E-state index contributed by atoms with van der Waals surface area (Å²) >= 11 is 0. The van der Waals surface area contributed by atoms with Crippen molar-refractivity contribution in [1.82, 2.24) is 5.32 Å². The minimum Gasteiger partial charge on any atom is -0.489 e. The quantitative estimate of drug-likeness (QED) is 0.911. The minimum atomic E-state index is -0.232. The van der Waals surface area contributed by atoms with E-state index in [1.165, 1.54) is 17.7 Å². The van der Waals surface area contributed by atoms with Gasteiger partial charge in [0, 0.05) is 5.92 Å². The highest BCUT2D eigenvalue weighted by Crippen LogP contribution is 2.41. The average molecular weight is 341 g/mol. The van der Waals surface area contributed by atoms with Gasteiger partial charge in [-0.2, -0.15) is 0 Å². The first-order valence-electron chi connectivity index (χ1n) is 9.04. The third-order valence-electron chi connectivity index (χ3n) is 5.37. The van der Waals surface area contributed by atoms with Crippen molar-refractivity contribution in [3.05, 3.63) is 65.5 Å². The zero-order chi connectivity index (χ0) is 17.1. The Kier molecular flexibility index (Phi) is 4.73. The first-order chi connectivity index (χ1) is 12.2. The SMILES string of the molecule is Fc1cccc(COc2ccc([C@H]3COC4(CCNCC4)C3)cc2)c1. The van der Waals surface area contributed by atoms with Crippen LogP contribution in [0.25, 0.3) is 0 Å². The smallest absolute Gasteiger partial charge is 0.123 e. The van der Waals surface area contributed by atoms with Crippen molar-refractivity contribution < 1.29 is 13.9 Å². The Morgan fingerprint density at radius 2 is 1.92 bits per heavy atom. The number of piperidine rings is 1. The van der Waals surface area contributed by atoms with Crippen molar-refractivity contribution in [2.24, 2.45) is 0 Å². The predicted molar refractivity (Wildman–Crippen MR) is 95.3 cm³/mol. The first-order valence-corrected chi connectivity index (χ1v) is 9.04. The Morgan fingerprint density at radius 1 is 1.12 bits per heavy atom. The molecule has 0 aromatic heterocycles.